The molecule has 0 saturated heterocycles. The van der Waals surface area contributed by atoms with Gasteiger partial charge in [0.05, 0.1) is 24.2 Å². The second kappa shape index (κ2) is 11.9. The molecule has 0 unspecified atom stereocenters. The van der Waals surface area contributed by atoms with Crippen LogP contribution in [0.15, 0.2) is 77.3 Å². The fourth-order valence-corrected chi connectivity index (χ4v) is 3.90. The van der Waals surface area contributed by atoms with Crippen LogP contribution in [0, 0.1) is 11.2 Å². The molecule has 4 aromatic rings. The van der Waals surface area contributed by atoms with Gasteiger partial charge in [-0.1, -0.05) is 28.1 Å². The highest BCUT2D eigenvalue weighted by Crippen LogP contribution is 2.17. The minimum absolute atomic E-state index is 0. The Hall–Kier alpha value is -2.77. The summed E-state index contributed by atoms with van der Waals surface area (Å²) in [5, 5.41) is 8.72. The van der Waals surface area contributed by atoms with Crippen molar-refractivity contribution in [1.29, 1.82) is 5.41 Å². The third-order valence-electron chi connectivity index (χ3n) is 5.19. The van der Waals surface area contributed by atoms with Gasteiger partial charge in [-0.15, -0.1) is 12.4 Å². The number of imidazole rings is 1. The molecule has 0 amide bonds. The number of fused-ring (bicyclic) bond motifs is 1. The molecule has 0 saturated carbocycles. The Kier molecular flexibility index (Phi) is 8.97. The van der Waals surface area contributed by atoms with E-state index >= 15 is 0 Å². The summed E-state index contributed by atoms with van der Waals surface area (Å²) >= 11 is 3.42. The lowest BCUT2D eigenvalue weighted by Crippen LogP contribution is -2.26. The van der Waals surface area contributed by atoms with Gasteiger partial charge < -0.3 is 18.6 Å². The zero-order valence-electron chi connectivity index (χ0n) is 18.0. The first-order chi connectivity index (χ1) is 15.6. The number of ether oxygens (including phenoxy) is 2. The topological polar surface area (TPSA) is 52.2 Å². The first-order valence-electron chi connectivity index (χ1n) is 10.6. The van der Waals surface area contributed by atoms with Gasteiger partial charge in [0.25, 0.3) is 0 Å². The lowest BCUT2D eigenvalue weighted by Gasteiger charge is -2.08. The van der Waals surface area contributed by atoms with Gasteiger partial charge in [-0.3, -0.25) is 5.41 Å². The summed E-state index contributed by atoms with van der Waals surface area (Å²) in [7, 11) is 0. The fourth-order valence-electron chi connectivity index (χ4n) is 3.63. The zero-order chi connectivity index (χ0) is 22.3. The van der Waals surface area contributed by atoms with Gasteiger partial charge in [0.15, 0.2) is 0 Å². The van der Waals surface area contributed by atoms with E-state index in [1.54, 1.807) is 12.1 Å². The van der Waals surface area contributed by atoms with Crippen molar-refractivity contribution >= 4 is 39.4 Å². The van der Waals surface area contributed by atoms with Crippen LogP contribution in [0.1, 0.15) is 12.8 Å². The number of halogens is 3. The van der Waals surface area contributed by atoms with Crippen molar-refractivity contribution in [1.82, 2.24) is 9.13 Å². The van der Waals surface area contributed by atoms with E-state index in [9.17, 15) is 4.39 Å². The lowest BCUT2D eigenvalue weighted by atomic mass is 10.3. The summed E-state index contributed by atoms with van der Waals surface area (Å²) in [5.41, 5.74) is 2.55. The molecule has 0 atom stereocenters. The van der Waals surface area contributed by atoms with Crippen LogP contribution in [-0.2, 0) is 13.1 Å². The molecule has 1 N–H and O–H groups in total. The Morgan fingerprint density at radius 3 is 1.67 bits per heavy atom. The van der Waals surface area contributed by atoms with E-state index in [0.29, 0.717) is 37.7 Å². The number of aromatic nitrogens is 2. The van der Waals surface area contributed by atoms with Crippen LogP contribution in [0.4, 0.5) is 4.39 Å². The molecule has 1 heterocycles. The van der Waals surface area contributed by atoms with Crippen LogP contribution < -0.4 is 15.1 Å². The Labute approximate surface area is 206 Å². The van der Waals surface area contributed by atoms with E-state index in [-0.39, 0.29) is 18.2 Å². The maximum absolute atomic E-state index is 13.0. The van der Waals surface area contributed by atoms with E-state index in [1.165, 1.54) is 12.1 Å². The fraction of sp³-hybridized carbons (Fsp3) is 0.240. The van der Waals surface area contributed by atoms with Gasteiger partial charge in [-0.2, -0.15) is 0 Å². The largest absolute Gasteiger partial charge is 0.494 e. The molecule has 0 aliphatic rings. The second-order valence-electron chi connectivity index (χ2n) is 7.43. The van der Waals surface area contributed by atoms with Crippen molar-refractivity contribution < 1.29 is 13.9 Å². The van der Waals surface area contributed by atoms with Crippen molar-refractivity contribution in [3.05, 3.63) is 88.7 Å². The van der Waals surface area contributed by atoms with Crippen LogP contribution in [0.3, 0.4) is 0 Å². The van der Waals surface area contributed by atoms with Gasteiger partial charge >= 0.3 is 0 Å². The highest BCUT2D eigenvalue weighted by atomic mass is 79.9. The summed E-state index contributed by atoms with van der Waals surface area (Å²) in [6, 6.07) is 21.9. The summed E-state index contributed by atoms with van der Waals surface area (Å²) in [6.45, 7) is 2.45. The third-order valence-corrected chi connectivity index (χ3v) is 5.72. The Bertz CT molecular complexity index is 1130. The molecule has 8 heteroatoms. The van der Waals surface area contributed by atoms with Gasteiger partial charge in [-0.05, 0) is 73.5 Å². The van der Waals surface area contributed by atoms with Crippen molar-refractivity contribution in [2.45, 2.75) is 25.9 Å². The van der Waals surface area contributed by atoms with Gasteiger partial charge in [0, 0.05) is 17.6 Å². The SMILES string of the molecule is Cl.N=c1n(CCCOc2ccc(F)cc2)c2ccccc2n1CCCOc1ccc(Br)cc1. The summed E-state index contributed by atoms with van der Waals surface area (Å²) in [4.78, 5) is 0. The molecule has 1 aromatic heterocycles. The average molecular weight is 535 g/mol. The first kappa shape index (κ1) is 24.9. The normalized spacial score (nSPS) is 10.7. The minimum Gasteiger partial charge on any atom is -0.494 e. The minimum atomic E-state index is -0.276. The summed E-state index contributed by atoms with van der Waals surface area (Å²) in [6.07, 6.45) is 1.54. The standard InChI is InChI=1S/C25H25BrFN3O2.ClH/c26-19-7-11-21(12-8-19)31-17-3-15-29-23-5-1-2-6-24(23)30(25(29)28)16-4-18-32-22-13-9-20(27)10-14-22;/h1-2,5-14,28H,3-4,15-18H2;1H. The molecule has 0 aliphatic heterocycles. The molecule has 5 nitrogen and oxygen atoms in total. The first-order valence-corrected chi connectivity index (χ1v) is 11.4. The molecule has 0 aliphatic carbocycles. The molecular weight excluding hydrogens is 509 g/mol. The van der Waals surface area contributed by atoms with Crippen molar-refractivity contribution in [2.24, 2.45) is 0 Å². The van der Waals surface area contributed by atoms with Crippen molar-refractivity contribution in [2.75, 3.05) is 13.2 Å². The van der Waals surface area contributed by atoms with Crippen LogP contribution in [0.2, 0.25) is 0 Å². The highest BCUT2D eigenvalue weighted by Gasteiger charge is 2.10. The van der Waals surface area contributed by atoms with Crippen LogP contribution in [0.5, 0.6) is 11.5 Å². The van der Waals surface area contributed by atoms with E-state index in [1.807, 2.05) is 51.6 Å². The van der Waals surface area contributed by atoms with E-state index in [2.05, 4.69) is 22.0 Å². The quantitative estimate of drug-likeness (QED) is 0.247. The van der Waals surface area contributed by atoms with Crippen LogP contribution >= 0.6 is 28.3 Å². The molecule has 0 spiro atoms. The number of nitrogens with one attached hydrogen (secondary N) is 1. The molecular formula is C25H26BrClFN3O2. The van der Waals surface area contributed by atoms with Gasteiger partial charge in [0.1, 0.15) is 17.3 Å². The molecule has 4 rings (SSSR count). The van der Waals surface area contributed by atoms with E-state index in [4.69, 9.17) is 14.9 Å². The Morgan fingerprint density at radius 1 is 0.727 bits per heavy atom. The number of hydrogen-bond acceptors (Lipinski definition) is 3. The summed E-state index contributed by atoms with van der Waals surface area (Å²) < 4.78 is 29.6. The molecule has 0 radical (unpaired) electrons. The molecule has 174 valence electrons. The number of benzene rings is 3. The third kappa shape index (κ3) is 6.39. The second-order valence-corrected chi connectivity index (χ2v) is 8.34. The van der Waals surface area contributed by atoms with Crippen molar-refractivity contribution in [3.8, 4) is 11.5 Å². The van der Waals surface area contributed by atoms with E-state index < -0.39 is 0 Å². The average Bonchev–Trinajstić information content (AvgIpc) is 3.07. The Balaban J connectivity index is 0.00000306. The number of nitrogens with zero attached hydrogens (tertiary/aromatic N) is 2. The molecule has 0 bridgehead atoms. The number of para-hydroxylation sites is 2. The molecule has 3 aromatic carbocycles. The molecule has 33 heavy (non-hydrogen) atoms. The summed E-state index contributed by atoms with van der Waals surface area (Å²) in [5.74, 6) is 1.21. The predicted octanol–water partition coefficient (Wildman–Crippen LogP) is 6.18. The molecule has 0 fully saturated rings. The lowest BCUT2D eigenvalue weighted by molar-refractivity contribution is 0.297. The van der Waals surface area contributed by atoms with Crippen molar-refractivity contribution in [3.63, 3.8) is 0 Å². The maximum atomic E-state index is 13.0. The smallest absolute Gasteiger partial charge is 0.202 e. The highest BCUT2D eigenvalue weighted by molar-refractivity contribution is 9.10. The maximum Gasteiger partial charge on any atom is 0.202 e. The number of aryl methyl sites for hydroxylation is 2. The predicted molar refractivity (Wildman–Crippen MR) is 134 cm³/mol. The monoisotopic (exact) mass is 533 g/mol. The van der Waals surface area contributed by atoms with Crippen LogP contribution in [-0.4, -0.2) is 22.3 Å². The zero-order valence-corrected chi connectivity index (χ0v) is 20.4. The van der Waals surface area contributed by atoms with Crippen LogP contribution in [0.25, 0.3) is 11.0 Å². The van der Waals surface area contributed by atoms with E-state index in [0.717, 1.165) is 34.1 Å². The van der Waals surface area contributed by atoms with Gasteiger partial charge in [-0.25, -0.2) is 4.39 Å². The number of hydrogen-bond donors (Lipinski definition) is 1. The van der Waals surface area contributed by atoms with Gasteiger partial charge in [0.2, 0.25) is 5.62 Å². The number of rotatable bonds is 10. The Morgan fingerprint density at radius 2 is 1.18 bits per heavy atom.